The van der Waals surface area contributed by atoms with E-state index in [2.05, 4.69) is 20.5 Å². The van der Waals surface area contributed by atoms with Gasteiger partial charge < -0.3 is 19.5 Å². The zero-order chi connectivity index (χ0) is 22.6. The van der Waals surface area contributed by atoms with Crippen molar-refractivity contribution in [1.82, 2.24) is 15.2 Å². The smallest absolute Gasteiger partial charge is 0.435 e. The number of pyridine rings is 1. The number of halogens is 4. The summed E-state index contributed by atoms with van der Waals surface area (Å²) in [5.74, 6) is -2.12. The first-order chi connectivity index (χ1) is 14.7. The van der Waals surface area contributed by atoms with Gasteiger partial charge in [0.05, 0.1) is 14.2 Å². The van der Waals surface area contributed by atoms with Gasteiger partial charge in [-0.05, 0) is 24.3 Å². The maximum absolute atomic E-state index is 13.4. The van der Waals surface area contributed by atoms with Crippen molar-refractivity contribution in [3.05, 3.63) is 59.7 Å². The fraction of sp³-hybridized carbons (Fsp3) is 0.158. The third kappa shape index (κ3) is 5.15. The number of anilines is 1. The van der Waals surface area contributed by atoms with Crippen molar-refractivity contribution < 1.29 is 36.6 Å². The summed E-state index contributed by atoms with van der Waals surface area (Å²) >= 11 is 0. The average Bonchev–Trinajstić information content (AvgIpc) is 2.74. The van der Waals surface area contributed by atoms with Crippen molar-refractivity contribution in [2.75, 3.05) is 19.5 Å². The zero-order valence-corrected chi connectivity index (χ0v) is 16.0. The first-order valence-electron chi connectivity index (χ1n) is 8.49. The number of hydrogen-bond acceptors (Lipinski definition) is 7. The van der Waals surface area contributed by atoms with Crippen molar-refractivity contribution >= 4 is 11.6 Å². The van der Waals surface area contributed by atoms with E-state index < -0.39 is 35.0 Å². The lowest BCUT2D eigenvalue weighted by molar-refractivity contribution is -0.141. The van der Waals surface area contributed by atoms with Gasteiger partial charge in [-0.1, -0.05) is 0 Å². The first-order valence-corrected chi connectivity index (χ1v) is 8.49. The van der Waals surface area contributed by atoms with E-state index >= 15 is 0 Å². The number of nitrogens with one attached hydrogen (secondary N) is 1. The average molecular weight is 438 g/mol. The molecule has 162 valence electrons. The third-order valence-corrected chi connectivity index (χ3v) is 3.83. The molecule has 0 aliphatic heterocycles. The number of aromatic nitrogens is 3. The summed E-state index contributed by atoms with van der Waals surface area (Å²) in [7, 11) is 2.60. The van der Waals surface area contributed by atoms with Gasteiger partial charge in [0.2, 0.25) is 5.88 Å². The molecular formula is C19H14F4N4O4. The molecule has 0 aliphatic rings. The molecule has 0 spiro atoms. The SMILES string of the molecule is COc1cc(NC(=O)c2cc(C(F)(F)F)nnc2Oc2ccc(F)cc2OC)ccn1. The second-order valence-corrected chi connectivity index (χ2v) is 5.88. The number of ether oxygens (including phenoxy) is 3. The molecule has 0 saturated heterocycles. The number of carbonyl (C=O) groups is 1. The van der Waals surface area contributed by atoms with E-state index in [0.29, 0.717) is 6.07 Å². The second-order valence-electron chi connectivity index (χ2n) is 5.88. The van der Waals surface area contributed by atoms with E-state index in [1.54, 1.807) is 0 Å². The van der Waals surface area contributed by atoms with Crippen LogP contribution in [-0.4, -0.2) is 35.3 Å². The van der Waals surface area contributed by atoms with E-state index in [9.17, 15) is 22.4 Å². The van der Waals surface area contributed by atoms with Gasteiger partial charge in [0.25, 0.3) is 11.8 Å². The fourth-order valence-corrected chi connectivity index (χ4v) is 2.38. The Morgan fingerprint density at radius 2 is 1.77 bits per heavy atom. The van der Waals surface area contributed by atoms with Crippen LogP contribution in [-0.2, 0) is 6.18 Å². The minimum absolute atomic E-state index is 0.0630. The van der Waals surface area contributed by atoms with Gasteiger partial charge >= 0.3 is 6.18 Å². The van der Waals surface area contributed by atoms with E-state index in [-0.39, 0.29) is 23.1 Å². The molecule has 2 aromatic heterocycles. The predicted octanol–water partition coefficient (Wildman–Crippen LogP) is 4.09. The lowest BCUT2D eigenvalue weighted by Crippen LogP contribution is -2.18. The van der Waals surface area contributed by atoms with Gasteiger partial charge in [0.1, 0.15) is 11.4 Å². The number of amides is 1. The van der Waals surface area contributed by atoms with Crippen LogP contribution in [0.25, 0.3) is 0 Å². The molecule has 0 fully saturated rings. The fourth-order valence-electron chi connectivity index (χ4n) is 2.38. The summed E-state index contributed by atoms with van der Waals surface area (Å²) < 4.78 is 68.1. The topological polar surface area (TPSA) is 95.5 Å². The lowest BCUT2D eigenvalue weighted by Gasteiger charge is -2.14. The quantitative estimate of drug-likeness (QED) is 0.579. The summed E-state index contributed by atoms with van der Waals surface area (Å²) in [5, 5.41) is 8.88. The van der Waals surface area contributed by atoms with Gasteiger partial charge in [-0.25, -0.2) is 9.37 Å². The zero-order valence-electron chi connectivity index (χ0n) is 16.0. The van der Waals surface area contributed by atoms with Gasteiger partial charge in [0, 0.05) is 24.0 Å². The largest absolute Gasteiger partial charge is 0.493 e. The number of methoxy groups -OCH3 is 2. The Labute approximate surface area is 172 Å². The summed E-state index contributed by atoms with van der Waals surface area (Å²) in [5.41, 5.74) is -1.76. The first kappa shape index (κ1) is 21.7. The molecule has 2 heterocycles. The number of hydrogen-bond donors (Lipinski definition) is 1. The van der Waals surface area contributed by atoms with Crippen molar-refractivity contribution in [3.63, 3.8) is 0 Å². The minimum Gasteiger partial charge on any atom is -0.493 e. The Kier molecular flexibility index (Phi) is 6.18. The lowest BCUT2D eigenvalue weighted by atomic mass is 10.2. The summed E-state index contributed by atoms with van der Waals surface area (Å²) in [4.78, 5) is 16.6. The molecule has 12 heteroatoms. The Bertz CT molecular complexity index is 1110. The van der Waals surface area contributed by atoms with Crippen LogP contribution in [0.5, 0.6) is 23.3 Å². The van der Waals surface area contributed by atoms with Crippen LogP contribution in [0, 0.1) is 5.82 Å². The number of alkyl halides is 3. The Hall–Kier alpha value is -3.96. The van der Waals surface area contributed by atoms with Crippen molar-refractivity contribution in [1.29, 1.82) is 0 Å². The predicted molar refractivity (Wildman–Crippen MR) is 98.8 cm³/mol. The van der Waals surface area contributed by atoms with Crippen LogP contribution in [0.1, 0.15) is 16.1 Å². The molecule has 1 amide bonds. The standard InChI is InChI=1S/C19H14F4N4O4/c1-29-14-7-10(20)3-4-13(14)31-18-12(9-15(26-27-18)19(21,22)23)17(28)25-11-5-6-24-16(8-11)30-2/h3-9H,1-2H3,(H,24,25,28). The maximum atomic E-state index is 13.4. The van der Waals surface area contributed by atoms with Crippen LogP contribution in [0.4, 0.5) is 23.2 Å². The van der Waals surface area contributed by atoms with Crippen molar-refractivity contribution in [2.45, 2.75) is 6.18 Å². The molecule has 1 N–H and O–H groups in total. The highest BCUT2D eigenvalue weighted by molar-refractivity contribution is 6.06. The summed E-state index contributed by atoms with van der Waals surface area (Å²) in [6.07, 6.45) is -3.52. The Morgan fingerprint density at radius 1 is 1.00 bits per heavy atom. The van der Waals surface area contributed by atoms with Gasteiger partial charge in [-0.2, -0.15) is 13.2 Å². The molecule has 0 bridgehead atoms. The molecule has 0 saturated carbocycles. The number of benzene rings is 1. The van der Waals surface area contributed by atoms with Crippen LogP contribution in [0.2, 0.25) is 0 Å². The number of nitrogens with zero attached hydrogens (tertiary/aromatic N) is 3. The molecule has 1 aromatic carbocycles. The second kappa shape index (κ2) is 8.81. The Morgan fingerprint density at radius 3 is 2.45 bits per heavy atom. The molecular weight excluding hydrogens is 424 g/mol. The molecule has 0 unspecified atom stereocenters. The van der Waals surface area contributed by atoms with Crippen LogP contribution >= 0.6 is 0 Å². The van der Waals surface area contributed by atoms with Crippen molar-refractivity contribution in [2.24, 2.45) is 0 Å². The molecule has 3 rings (SSSR count). The van der Waals surface area contributed by atoms with Gasteiger partial charge in [-0.15, -0.1) is 10.2 Å². The molecule has 8 nitrogen and oxygen atoms in total. The molecule has 31 heavy (non-hydrogen) atoms. The third-order valence-electron chi connectivity index (χ3n) is 3.83. The van der Waals surface area contributed by atoms with E-state index in [1.165, 1.54) is 38.6 Å². The molecule has 0 atom stereocenters. The van der Waals surface area contributed by atoms with Crippen LogP contribution < -0.4 is 19.5 Å². The Balaban J connectivity index is 2.00. The van der Waals surface area contributed by atoms with E-state index in [1.807, 2.05) is 0 Å². The molecule has 0 aliphatic carbocycles. The van der Waals surface area contributed by atoms with E-state index in [0.717, 1.165) is 12.1 Å². The van der Waals surface area contributed by atoms with Crippen molar-refractivity contribution in [3.8, 4) is 23.3 Å². The molecule has 3 aromatic rings. The maximum Gasteiger partial charge on any atom is 0.435 e. The highest BCUT2D eigenvalue weighted by Crippen LogP contribution is 2.35. The van der Waals surface area contributed by atoms with E-state index in [4.69, 9.17) is 14.2 Å². The molecule has 0 radical (unpaired) electrons. The van der Waals surface area contributed by atoms with Crippen LogP contribution in [0.3, 0.4) is 0 Å². The monoisotopic (exact) mass is 438 g/mol. The number of rotatable bonds is 6. The van der Waals surface area contributed by atoms with Gasteiger partial charge in [0.15, 0.2) is 17.2 Å². The normalized spacial score (nSPS) is 11.0. The highest BCUT2D eigenvalue weighted by Gasteiger charge is 2.35. The van der Waals surface area contributed by atoms with Crippen LogP contribution in [0.15, 0.2) is 42.6 Å². The highest BCUT2D eigenvalue weighted by atomic mass is 19.4. The summed E-state index contributed by atoms with van der Waals surface area (Å²) in [6.45, 7) is 0. The minimum atomic E-state index is -4.85. The van der Waals surface area contributed by atoms with Gasteiger partial charge in [-0.3, -0.25) is 4.79 Å². The number of carbonyl (C=O) groups excluding carboxylic acids is 1. The summed E-state index contributed by atoms with van der Waals surface area (Å²) in [6, 6.07) is 6.47.